The largest absolute Gasteiger partial charge is 0.497 e. The van der Waals surface area contributed by atoms with E-state index in [0.717, 1.165) is 48.9 Å². The third-order valence-electron chi connectivity index (χ3n) is 6.20. The number of fused-ring (bicyclic) bond motifs is 1. The minimum Gasteiger partial charge on any atom is -0.497 e. The van der Waals surface area contributed by atoms with Crippen LogP contribution in [0.25, 0.3) is 11.2 Å². The molecule has 1 N–H and O–H groups in total. The van der Waals surface area contributed by atoms with Gasteiger partial charge in [-0.2, -0.15) is 0 Å². The Balaban J connectivity index is 1.57. The van der Waals surface area contributed by atoms with E-state index in [-0.39, 0.29) is 17.3 Å². The lowest BCUT2D eigenvalue weighted by Crippen LogP contribution is -3.13. The number of hydrogen-bond donors (Lipinski definition) is 1. The minimum atomic E-state index is -0.349. The van der Waals surface area contributed by atoms with Gasteiger partial charge in [0, 0.05) is 25.8 Å². The number of aromatic nitrogens is 4. The number of benzene rings is 1. The predicted molar refractivity (Wildman–Crippen MR) is 120 cm³/mol. The van der Waals surface area contributed by atoms with Crippen molar-refractivity contribution in [1.82, 2.24) is 18.7 Å². The van der Waals surface area contributed by atoms with Crippen molar-refractivity contribution in [2.24, 2.45) is 14.1 Å². The standard InChI is InChI=1S/C22H30N6O3/c1-15(2)28-18(23-20-19(28)21(29)25(4)22(30)24(20)3)14-26-10-12-27(13-11-26)16-6-8-17(31-5)9-7-16/h6-9,15H,10-14H2,1-5H3/p+1. The highest BCUT2D eigenvalue weighted by atomic mass is 16.5. The molecule has 1 aliphatic rings. The Morgan fingerprint density at radius 3 is 2.29 bits per heavy atom. The van der Waals surface area contributed by atoms with Crippen molar-refractivity contribution in [2.75, 3.05) is 38.2 Å². The van der Waals surface area contributed by atoms with E-state index in [0.29, 0.717) is 11.2 Å². The molecular weight excluding hydrogens is 396 g/mol. The second-order valence-corrected chi connectivity index (χ2v) is 8.48. The number of imidazole rings is 1. The first-order valence-corrected chi connectivity index (χ1v) is 10.7. The summed E-state index contributed by atoms with van der Waals surface area (Å²) in [4.78, 5) is 33.8. The predicted octanol–water partition coefficient (Wildman–Crippen LogP) is -0.0717. The number of nitrogens with zero attached hydrogens (tertiary/aromatic N) is 5. The fourth-order valence-corrected chi connectivity index (χ4v) is 4.42. The van der Waals surface area contributed by atoms with Crippen molar-refractivity contribution in [3.05, 3.63) is 50.9 Å². The molecule has 1 fully saturated rings. The number of ether oxygens (including phenoxy) is 1. The van der Waals surface area contributed by atoms with E-state index in [1.807, 2.05) is 30.5 Å². The zero-order valence-corrected chi connectivity index (χ0v) is 18.9. The SMILES string of the molecule is COc1ccc(N2CC[NH+](Cc3nc4c(c(=O)n(C)c(=O)n4C)n3C(C)C)CC2)cc1. The molecule has 3 heterocycles. The number of quaternary nitrogens is 1. The maximum absolute atomic E-state index is 12.8. The molecule has 9 nitrogen and oxygen atoms in total. The first kappa shape index (κ1) is 21.2. The van der Waals surface area contributed by atoms with Crippen LogP contribution in [0.5, 0.6) is 5.75 Å². The summed E-state index contributed by atoms with van der Waals surface area (Å²) in [5, 5.41) is 0. The van der Waals surface area contributed by atoms with E-state index in [4.69, 9.17) is 9.72 Å². The van der Waals surface area contributed by atoms with Crippen molar-refractivity contribution in [2.45, 2.75) is 26.4 Å². The average molecular weight is 428 g/mol. The van der Waals surface area contributed by atoms with Gasteiger partial charge in [0.15, 0.2) is 17.0 Å². The van der Waals surface area contributed by atoms with Crippen LogP contribution in [0.2, 0.25) is 0 Å². The van der Waals surface area contributed by atoms with Gasteiger partial charge in [-0.25, -0.2) is 9.78 Å². The van der Waals surface area contributed by atoms with Gasteiger partial charge in [0.2, 0.25) is 0 Å². The van der Waals surface area contributed by atoms with Gasteiger partial charge in [0.1, 0.15) is 12.3 Å². The quantitative estimate of drug-likeness (QED) is 0.617. The van der Waals surface area contributed by atoms with Crippen LogP contribution in [0, 0.1) is 0 Å². The second kappa shape index (κ2) is 8.22. The molecule has 0 amide bonds. The Kier molecular flexibility index (Phi) is 5.62. The lowest BCUT2D eigenvalue weighted by molar-refractivity contribution is -0.915. The molecule has 0 bridgehead atoms. The Morgan fingerprint density at radius 2 is 1.71 bits per heavy atom. The summed E-state index contributed by atoms with van der Waals surface area (Å²) >= 11 is 0. The van der Waals surface area contributed by atoms with Crippen LogP contribution in [-0.2, 0) is 20.6 Å². The molecule has 0 spiro atoms. The third-order valence-corrected chi connectivity index (χ3v) is 6.20. The van der Waals surface area contributed by atoms with Crippen LogP contribution < -0.4 is 25.8 Å². The van der Waals surface area contributed by atoms with E-state index in [1.54, 1.807) is 14.2 Å². The van der Waals surface area contributed by atoms with Crippen LogP contribution in [0.4, 0.5) is 5.69 Å². The fraction of sp³-hybridized carbons (Fsp3) is 0.500. The molecule has 1 aromatic carbocycles. The second-order valence-electron chi connectivity index (χ2n) is 8.48. The van der Waals surface area contributed by atoms with Gasteiger partial charge in [-0.1, -0.05) is 0 Å². The molecule has 0 saturated carbocycles. The summed E-state index contributed by atoms with van der Waals surface area (Å²) in [6, 6.07) is 8.25. The molecule has 1 saturated heterocycles. The molecule has 0 radical (unpaired) electrons. The minimum absolute atomic E-state index is 0.0743. The van der Waals surface area contributed by atoms with Gasteiger partial charge in [-0.15, -0.1) is 0 Å². The van der Waals surface area contributed by atoms with Gasteiger partial charge >= 0.3 is 5.69 Å². The number of anilines is 1. The number of hydrogen-bond acceptors (Lipinski definition) is 5. The maximum atomic E-state index is 12.8. The van der Waals surface area contributed by atoms with Crippen molar-refractivity contribution >= 4 is 16.9 Å². The van der Waals surface area contributed by atoms with E-state index in [2.05, 4.69) is 17.0 Å². The van der Waals surface area contributed by atoms with E-state index in [1.165, 1.54) is 22.2 Å². The van der Waals surface area contributed by atoms with E-state index in [9.17, 15) is 9.59 Å². The Labute approximate surface area is 181 Å². The van der Waals surface area contributed by atoms with Gasteiger partial charge in [-0.05, 0) is 38.1 Å². The van der Waals surface area contributed by atoms with Gasteiger partial charge < -0.3 is 19.1 Å². The highest BCUT2D eigenvalue weighted by Gasteiger charge is 2.26. The van der Waals surface area contributed by atoms with Crippen LogP contribution in [0.15, 0.2) is 33.9 Å². The highest BCUT2D eigenvalue weighted by Crippen LogP contribution is 2.19. The first-order valence-electron chi connectivity index (χ1n) is 10.7. The van der Waals surface area contributed by atoms with Crippen molar-refractivity contribution < 1.29 is 9.64 Å². The number of aryl methyl sites for hydroxylation is 1. The number of nitrogens with one attached hydrogen (secondary N) is 1. The Morgan fingerprint density at radius 1 is 1.06 bits per heavy atom. The third kappa shape index (κ3) is 3.74. The maximum Gasteiger partial charge on any atom is 0.332 e. The van der Waals surface area contributed by atoms with Crippen molar-refractivity contribution in [1.29, 1.82) is 0 Å². The molecule has 0 unspecified atom stereocenters. The molecule has 3 aromatic rings. The summed E-state index contributed by atoms with van der Waals surface area (Å²) in [6.07, 6.45) is 0. The molecular formula is C22H31N6O3+. The van der Waals surface area contributed by atoms with Crippen LogP contribution in [-0.4, -0.2) is 52.0 Å². The summed E-state index contributed by atoms with van der Waals surface area (Å²) in [5.41, 5.74) is 1.54. The summed E-state index contributed by atoms with van der Waals surface area (Å²) < 4.78 is 9.88. The monoisotopic (exact) mass is 427 g/mol. The normalized spacial score (nSPS) is 15.2. The number of rotatable bonds is 5. The summed E-state index contributed by atoms with van der Waals surface area (Å²) in [6.45, 7) is 8.67. The number of methoxy groups -OCH3 is 1. The topological polar surface area (TPSA) is 78.7 Å². The van der Waals surface area contributed by atoms with Crippen LogP contribution >= 0.6 is 0 Å². The first-order chi connectivity index (χ1) is 14.8. The van der Waals surface area contributed by atoms with Crippen LogP contribution in [0.3, 0.4) is 0 Å². The molecule has 1 aliphatic heterocycles. The lowest BCUT2D eigenvalue weighted by Gasteiger charge is -2.33. The van der Waals surface area contributed by atoms with E-state index < -0.39 is 0 Å². The zero-order valence-electron chi connectivity index (χ0n) is 18.9. The van der Waals surface area contributed by atoms with Crippen molar-refractivity contribution in [3.63, 3.8) is 0 Å². The molecule has 0 atom stereocenters. The van der Waals surface area contributed by atoms with Crippen LogP contribution in [0.1, 0.15) is 25.7 Å². The Bertz CT molecular complexity index is 1200. The van der Waals surface area contributed by atoms with Gasteiger partial charge in [0.25, 0.3) is 5.56 Å². The molecule has 4 rings (SSSR count). The van der Waals surface area contributed by atoms with Crippen molar-refractivity contribution in [3.8, 4) is 5.75 Å². The molecule has 2 aromatic heterocycles. The highest BCUT2D eigenvalue weighted by molar-refractivity contribution is 5.71. The summed E-state index contributed by atoms with van der Waals surface area (Å²) in [5.74, 6) is 1.72. The molecule has 31 heavy (non-hydrogen) atoms. The molecule has 0 aliphatic carbocycles. The molecule has 9 heteroatoms. The zero-order chi connectivity index (χ0) is 22.3. The molecule has 166 valence electrons. The van der Waals surface area contributed by atoms with E-state index >= 15 is 0 Å². The lowest BCUT2D eigenvalue weighted by atomic mass is 10.2. The smallest absolute Gasteiger partial charge is 0.332 e. The van der Waals surface area contributed by atoms with Gasteiger partial charge in [-0.3, -0.25) is 13.9 Å². The fourth-order valence-electron chi connectivity index (χ4n) is 4.42. The van der Waals surface area contributed by atoms with Gasteiger partial charge in [0.05, 0.1) is 33.3 Å². The Hall–Kier alpha value is -3.07. The average Bonchev–Trinajstić information content (AvgIpc) is 3.16. The number of piperazine rings is 1. The summed E-state index contributed by atoms with van der Waals surface area (Å²) in [7, 11) is 4.87.